The number of aromatic nitrogens is 1. The van der Waals surface area contributed by atoms with Crippen LogP contribution in [-0.2, 0) is 9.84 Å². The van der Waals surface area contributed by atoms with Gasteiger partial charge in [-0.25, -0.2) is 8.42 Å². The molecule has 0 bridgehead atoms. The molecule has 1 aromatic heterocycles. The highest BCUT2D eigenvalue weighted by atomic mass is 32.2. The van der Waals surface area contributed by atoms with E-state index in [-0.39, 0.29) is 11.8 Å². The number of anilines is 1. The van der Waals surface area contributed by atoms with Crippen LogP contribution < -0.4 is 9.47 Å². The summed E-state index contributed by atoms with van der Waals surface area (Å²) in [6, 6.07) is 12.8. The molecule has 1 atom stereocenters. The van der Waals surface area contributed by atoms with E-state index in [1.165, 1.54) is 15.6 Å². The second-order valence-electron chi connectivity index (χ2n) is 7.11. The second kappa shape index (κ2) is 6.43. The molecule has 0 radical (unpaired) electrons. The van der Waals surface area contributed by atoms with E-state index in [0.717, 1.165) is 17.0 Å². The number of para-hydroxylation sites is 1. The van der Waals surface area contributed by atoms with Gasteiger partial charge in [0.05, 0.1) is 16.5 Å². The fraction of sp³-hybridized carbons (Fsp3) is 0.350. The van der Waals surface area contributed by atoms with Crippen LogP contribution in [0.5, 0.6) is 0 Å². The normalized spacial score (nSPS) is 22.8. The van der Waals surface area contributed by atoms with Gasteiger partial charge < -0.3 is 4.90 Å². The van der Waals surface area contributed by atoms with Crippen LogP contribution in [0.4, 0.5) is 5.69 Å². The Labute approximate surface area is 159 Å². The van der Waals surface area contributed by atoms with Gasteiger partial charge >= 0.3 is 0 Å². The number of hydrogen-bond acceptors (Lipinski definition) is 4. The Balaban J connectivity index is 1.66. The molecule has 0 unspecified atom stereocenters. The Morgan fingerprint density at radius 1 is 1.19 bits per heavy atom. The number of benzene rings is 1. The van der Waals surface area contributed by atoms with Gasteiger partial charge in [0.25, 0.3) is 0 Å². The van der Waals surface area contributed by atoms with Crippen molar-refractivity contribution >= 4 is 33.4 Å². The third-order valence-corrected chi connectivity index (χ3v) is 8.06. The number of thioether (sulfide) groups is 1. The molecule has 0 amide bonds. The Morgan fingerprint density at radius 3 is 2.50 bits per heavy atom. The highest BCUT2D eigenvalue weighted by Crippen LogP contribution is 2.45. The molecule has 0 aliphatic carbocycles. The van der Waals surface area contributed by atoms with E-state index in [2.05, 4.69) is 72.8 Å². The standard InChI is InChI=1S/C20H23N2O2S2/c1-14-10-16(11-15(2)22(14)17-8-9-26(23,24)13-17)12-20-21(3)18-6-4-5-7-19(18)25-20/h4-7,10-12,17H,8-9,13H2,1-3H3/q+1/t17-/m1/s1. The van der Waals surface area contributed by atoms with Crippen LogP contribution >= 0.6 is 11.8 Å². The monoisotopic (exact) mass is 387 g/mol. The highest BCUT2D eigenvalue weighted by molar-refractivity contribution is 8.03. The minimum atomic E-state index is -2.89. The zero-order valence-electron chi connectivity index (χ0n) is 15.3. The molecule has 3 heterocycles. The Bertz CT molecular complexity index is 989. The van der Waals surface area contributed by atoms with Gasteiger partial charge in [0.1, 0.15) is 5.75 Å². The van der Waals surface area contributed by atoms with Gasteiger partial charge in [-0.05, 0) is 23.8 Å². The summed E-state index contributed by atoms with van der Waals surface area (Å²) in [5.41, 5.74) is 4.61. The van der Waals surface area contributed by atoms with Crippen molar-refractivity contribution in [3.8, 4) is 0 Å². The fourth-order valence-electron chi connectivity index (χ4n) is 3.97. The maximum Gasteiger partial charge on any atom is 0.179 e. The number of pyridine rings is 1. The van der Waals surface area contributed by atoms with Crippen molar-refractivity contribution in [3.63, 3.8) is 0 Å². The molecule has 1 saturated heterocycles. The summed E-state index contributed by atoms with van der Waals surface area (Å²) in [5, 5.41) is 1.20. The first-order valence-corrected chi connectivity index (χ1v) is 11.4. The Hall–Kier alpha value is -1.79. The Morgan fingerprint density at radius 2 is 1.88 bits per heavy atom. The molecule has 4 nitrogen and oxygen atoms in total. The molecule has 1 fully saturated rings. The number of hydrogen-bond donors (Lipinski definition) is 0. The number of nitrogens with zero attached hydrogens (tertiary/aromatic N) is 2. The van der Waals surface area contributed by atoms with Crippen LogP contribution in [0.1, 0.15) is 29.4 Å². The summed E-state index contributed by atoms with van der Waals surface area (Å²) >= 11 is 1.78. The van der Waals surface area contributed by atoms with Crippen molar-refractivity contribution in [3.05, 3.63) is 58.4 Å². The molecular formula is C20H23N2O2S2+. The lowest BCUT2D eigenvalue weighted by molar-refractivity contribution is -0.728. The van der Waals surface area contributed by atoms with Gasteiger partial charge in [-0.2, -0.15) is 4.57 Å². The van der Waals surface area contributed by atoms with Gasteiger partial charge in [-0.3, -0.25) is 0 Å². The van der Waals surface area contributed by atoms with E-state index in [1.54, 1.807) is 11.8 Å². The zero-order chi connectivity index (χ0) is 18.5. The summed E-state index contributed by atoms with van der Waals surface area (Å²) in [5.74, 6) is 0.558. The summed E-state index contributed by atoms with van der Waals surface area (Å²) in [4.78, 5) is 3.49. The lowest BCUT2D eigenvalue weighted by Gasteiger charge is -2.14. The maximum absolute atomic E-state index is 11.8. The van der Waals surface area contributed by atoms with E-state index in [1.807, 2.05) is 0 Å². The summed E-state index contributed by atoms with van der Waals surface area (Å²) < 4.78 is 25.9. The largest absolute Gasteiger partial charge is 0.338 e. The Kier molecular flexibility index (Phi) is 4.35. The van der Waals surface area contributed by atoms with Crippen LogP contribution in [0.3, 0.4) is 0 Å². The maximum atomic E-state index is 11.8. The smallest absolute Gasteiger partial charge is 0.179 e. The van der Waals surface area contributed by atoms with E-state index in [9.17, 15) is 8.42 Å². The molecule has 4 rings (SSSR count). The average molecular weight is 388 g/mol. The first-order chi connectivity index (χ1) is 12.3. The first-order valence-electron chi connectivity index (χ1n) is 8.79. The number of aryl methyl sites for hydroxylation is 2. The van der Waals surface area contributed by atoms with Gasteiger partial charge in [-0.1, -0.05) is 23.9 Å². The molecule has 2 aliphatic heterocycles. The quantitative estimate of drug-likeness (QED) is 0.740. The zero-order valence-corrected chi connectivity index (χ0v) is 16.9. The first kappa shape index (κ1) is 17.6. The van der Waals surface area contributed by atoms with Crippen molar-refractivity contribution in [2.45, 2.75) is 31.2 Å². The summed E-state index contributed by atoms with van der Waals surface area (Å²) in [7, 11) is -0.792. The van der Waals surface area contributed by atoms with Crippen molar-refractivity contribution < 1.29 is 13.0 Å². The van der Waals surface area contributed by atoms with Crippen LogP contribution in [0.15, 0.2) is 46.3 Å². The average Bonchev–Trinajstić information content (AvgIpc) is 3.07. The van der Waals surface area contributed by atoms with Gasteiger partial charge in [-0.15, -0.1) is 0 Å². The minimum absolute atomic E-state index is 0.0643. The minimum Gasteiger partial charge on any atom is -0.338 e. The molecule has 0 saturated carbocycles. The van der Waals surface area contributed by atoms with E-state index in [0.29, 0.717) is 12.2 Å². The predicted molar refractivity (Wildman–Crippen MR) is 107 cm³/mol. The van der Waals surface area contributed by atoms with Crippen LogP contribution in [0.2, 0.25) is 0 Å². The molecule has 2 aliphatic rings. The van der Waals surface area contributed by atoms with Crippen LogP contribution in [-0.4, -0.2) is 27.0 Å². The van der Waals surface area contributed by atoms with E-state index in [4.69, 9.17) is 0 Å². The van der Waals surface area contributed by atoms with Gasteiger partial charge in [0.15, 0.2) is 27.3 Å². The van der Waals surface area contributed by atoms with Crippen molar-refractivity contribution in [1.29, 1.82) is 0 Å². The topological polar surface area (TPSA) is 41.3 Å². The number of fused-ring (bicyclic) bond motifs is 1. The number of sulfone groups is 1. The molecule has 136 valence electrons. The summed E-state index contributed by atoms with van der Waals surface area (Å²) in [6.07, 6.45) is 2.92. The SMILES string of the molecule is Cc1cc(C=C2Sc3ccccc3N2C)cc(C)[n+]1[C@@H]1CCS(=O)(=O)C1. The fourth-order valence-corrected chi connectivity index (χ4v) is 6.78. The van der Waals surface area contributed by atoms with Crippen molar-refractivity contribution in [2.75, 3.05) is 23.5 Å². The molecule has 1 aromatic carbocycles. The second-order valence-corrected chi connectivity index (χ2v) is 10.4. The summed E-state index contributed by atoms with van der Waals surface area (Å²) in [6.45, 7) is 4.14. The molecule has 0 N–H and O–H groups in total. The van der Waals surface area contributed by atoms with Gasteiger partial charge in [0.2, 0.25) is 0 Å². The van der Waals surface area contributed by atoms with Crippen molar-refractivity contribution in [2.24, 2.45) is 0 Å². The molecule has 0 spiro atoms. The third kappa shape index (κ3) is 3.16. The molecule has 26 heavy (non-hydrogen) atoms. The lowest BCUT2D eigenvalue weighted by atomic mass is 10.1. The molecule has 6 heteroatoms. The van der Waals surface area contributed by atoms with E-state index >= 15 is 0 Å². The number of rotatable bonds is 2. The molecule has 2 aromatic rings. The predicted octanol–water partition coefficient (Wildman–Crippen LogP) is 3.49. The highest BCUT2D eigenvalue weighted by Gasteiger charge is 2.36. The lowest BCUT2D eigenvalue weighted by Crippen LogP contribution is -2.45. The van der Waals surface area contributed by atoms with Crippen molar-refractivity contribution in [1.82, 2.24) is 0 Å². The van der Waals surface area contributed by atoms with E-state index < -0.39 is 9.84 Å². The third-order valence-electron chi connectivity index (χ3n) is 5.15. The molecular weight excluding hydrogens is 364 g/mol. The van der Waals surface area contributed by atoms with Gasteiger partial charge in [0, 0.05) is 44.3 Å². The van der Waals surface area contributed by atoms with Crippen LogP contribution in [0, 0.1) is 13.8 Å². The van der Waals surface area contributed by atoms with Crippen LogP contribution in [0.25, 0.3) is 6.08 Å².